The van der Waals surface area contributed by atoms with Crippen molar-refractivity contribution in [1.82, 2.24) is 10.2 Å². The van der Waals surface area contributed by atoms with Crippen LogP contribution in [-0.2, 0) is 26.2 Å². The van der Waals surface area contributed by atoms with E-state index in [1.165, 1.54) is 37.3 Å². The zero-order chi connectivity index (χ0) is 29.3. The number of ether oxygens (including phenoxy) is 2. The Morgan fingerprint density at radius 3 is 2.17 bits per heavy atom. The number of methoxy groups -OCH3 is 2. The van der Waals surface area contributed by atoms with Gasteiger partial charge in [0.2, 0.25) is 11.8 Å². The molecule has 0 saturated carbocycles. The summed E-state index contributed by atoms with van der Waals surface area (Å²) in [6.45, 7) is 5.55. The molecule has 0 heterocycles. The number of anilines is 1. The summed E-state index contributed by atoms with van der Waals surface area (Å²) in [5.41, 5.74) is 2.01. The average molecular weight is 568 g/mol. The number of aryl methyl sites for hydroxylation is 1. The number of carbonyl (C=O) groups excluding carboxylic acids is 2. The van der Waals surface area contributed by atoms with Gasteiger partial charge in [0.05, 0.1) is 24.8 Å². The maximum atomic E-state index is 14.1. The van der Waals surface area contributed by atoms with Crippen LogP contribution in [0.15, 0.2) is 77.7 Å². The van der Waals surface area contributed by atoms with E-state index in [9.17, 15) is 18.0 Å². The van der Waals surface area contributed by atoms with Crippen LogP contribution < -0.4 is 19.1 Å². The third-order valence-electron chi connectivity index (χ3n) is 6.48. The summed E-state index contributed by atoms with van der Waals surface area (Å²) in [5.74, 6) is -0.208. The van der Waals surface area contributed by atoms with Crippen LogP contribution in [-0.4, -0.2) is 58.5 Å². The number of hydrogen-bond acceptors (Lipinski definition) is 6. The first kappa shape index (κ1) is 30.5. The standard InChI is InChI=1S/C30H37N3O6S/c1-6-26(30(35)31-7-2)32(20-23-15-13-22(3)14-16-23)29(34)21-33(40(36,37)25-11-9-8-10-12-25)27-19-24(38-4)17-18-28(27)39-5/h8-19,26H,6-7,20-21H2,1-5H3,(H,31,35). The first-order valence-corrected chi connectivity index (χ1v) is 14.5. The van der Waals surface area contributed by atoms with Crippen molar-refractivity contribution in [2.75, 3.05) is 31.6 Å². The van der Waals surface area contributed by atoms with Crippen molar-refractivity contribution in [2.24, 2.45) is 0 Å². The predicted octanol–water partition coefficient (Wildman–Crippen LogP) is 4.15. The van der Waals surface area contributed by atoms with Gasteiger partial charge in [-0.1, -0.05) is 55.0 Å². The lowest BCUT2D eigenvalue weighted by atomic mass is 10.1. The molecule has 1 atom stereocenters. The Labute approximate surface area is 236 Å². The van der Waals surface area contributed by atoms with Crippen LogP contribution in [0.4, 0.5) is 5.69 Å². The van der Waals surface area contributed by atoms with Gasteiger partial charge >= 0.3 is 0 Å². The molecule has 3 aromatic rings. The van der Waals surface area contributed by atoms with E-state index in [1.807, 2.05) is 38.1 Å². The van der Waals surface area contributed by atoms with Crippen molar-refractivity contribution in [2.45, 2.75) is 44.7 Å². The van der Waals surface area contributed by atoms with Gasteiger partial charge in [0, 0.05) is 19.2 Å². The molecule has 0 aliphatic heterocycles. The summed E-state index contributed by atoms with van der Waals surface area (Å²) >= 11 is 0. The third-order valence-corrected chi connectivity index (χ3v) is 8.25. The molecule has 0 saturated heterocycles. The number of amides is 2. The molecule has 0 aliphatic carbocycles. The summed E-state index contributed by atoms with van der Waals surface area (Å²) in [6, 6.07) is 19.4. The van der Waals surface area contributed by atoms with Crippen molar-refractivity contribution in [3.05, 3.63) is 83.9 Å². The zero-order valence-electron chi connectivity index (χ0n) is 23.6. The Balaban J connectivity index is 2.13. The van der Waals surface area contributed by atoms with Crippen LogP contribution in [0.5, 0.6) is 11.5 Å². The van der Waals surface area contributed by atoms with Crippen LogP contribution in [0.25, 0.3) is 0 Å². The minimum absolute atomic E-state index is 0.00789. The first-order chi connectivity index (χ1) is 19.2. The van der Waals surface area contributed by atoms with E-state index >= 15 is 0 Å². The second-order valence-corrected chi connectivity index (χ2v) is 11.1. The molecule has 0 aliphatic rings. The van der Waals surface area contributed by atoms with E-state index in [2.05, 4.69) is 5.32 Å². The Bertz CT molecular complexity index is 1390. The number of rotatable bonds is 13. The number of hydrogen-bond donors (Lipinski definition) is 1. The minimum Gasteiger partial charge on any atom is -0.497 e. The second-order valence-electron chi connectivity index (χ2n) is 9.19. The zero-order valence-corrected chi connectivity index (χ0v) is 24.4. The van der Waals surface area contributed by atoms with Gasteiger partial charge in [0.15, 0.2) is 0 Å². The molecule has 2 amide bonds. The summed E-state index contributed by atoms with van der Waals surface area (Å²) in [6.07, 6.45) is 0.345. The van der Waals surface area contributed by atoms with Crippen molar-refractivity contribution in [1.29, 1.82) is 0 Å². The highest BCUT2D eigenvalue weighted by Gasteiger charge is 2.34. The summed E-state index contributed by atoms with van der Waals surface area (Å²) in [4.78, 5) is 28.6. The Morgan fingerprint density at radius 2 is 1.60 bits per heavy atom. The fourth-order valence-electron chi connectivity index (χ4n) is 4.33. The second kappa shape index (κ2) is 13.8. The summed E-state index contributed by atoms with van der Waals surface area (Å²) < 4.78 is 39.9. The van der Waals surface area contributed by atoms with Crippen LogP contribution >= 0.6 is 0 Å². The molecule has 40 heavy (non-hydrogen) atoms. The smallest absolute Gasteiger partial charge is 0.264 e. The van der Waals surface area contributed by atoms with Crippen LogP contribution in [0.2, 0.25) is 0 Å². The molecule has 0 fully saturated rings. The first-order valence-electron chi connectivity index (χ1n) is 13.1. The van der Waals surface area contributed by atoms with Crippen molar-refractivity contribution in [3.63, 3.8) is 0 Å². The topological polar surface area (TPSA) is 105 Å². The molecule has 1 unspecified atom stereocenters. The van der Waals surface area contributed by atoms with Crippen molar-refractivity contribution >= 4 is 27.5 Å². The average Bonchev–Trinajstić information content (AvgIpc) is 2.96. The highest BCUT2D eigenvalue weighted by molar-refractivity contribution is 7.92. The fourth-order valence-corrected chi connectivity index (χ4v) is 5.76. The summed E-state index contributed by atoms with van der Waals surface area (Å²) in [7, 11) is -1.34. The van der Waals surface area contributed by atoms with E-state index in [4.69, 9.17) is 9.47 Å². The quantitative estimate of drug-likeness (QED) is 0.333. The van der Waals surface area contributed by atoms with Gasteiger partial charge in [-0.05, 0) is 50.1 Å². The highest BCUT2D eigenvalue weighted by atomic mass is 32.2. The van der Waals surface area contributed by atoms with E-state index in [1.54, 1.807) is 37.3 Å². The number of carbonyl (C=O) groups is 2. The molecular weight excluding hydrogens is 530 g/mol. The molecule has 9 nitrogen and oxygen atoms in total. The van der Waals surface area contributed by atoms with E-state index < -0.39 is 28.5 Å². The lowest BCUT2D eigenvalue weighted by Gasteiger charge is -2.33. The molecule has 3 aromatic carbocycles. The fraction of sp³-hybridized carbons (Fsp3) is 0.333. The molecule has 10 heteroatoms. The molecule has 0 radical (unpaired) electrons. The monoisotopic (exact) mass is 567 g/mol. The van der Waals surface area contributed by atoms with Gasteiger partial charge in [0.1, 0.15) is 24.1 Å². The lowest BCUT2D eigenvalue weighted by molar-refractivity contribution is -0.140. The third kappa shape index (κ3) is 7.12. The maximum absolute atomic E-state index is 14.1. The van der Waals surface area contributed by atoms with Gasteiger partial charge in [-0.3, -0.25) is 13.9 Å². The van der Waals surface area contributed by atoms with Gasteiger partial charge in [-0.2, -0.15) is 0 Å². The SMILES string of the molecule is CCNC(=O)C(CC)N(Cc1ccc(C)cc1)C(=O)CN(c1cc(OC)ccc1OC)S(=O)(=O)c1ccccc1. The number of sulfonamides is 1. The predicted molar refractivity (Wildman–Crippen MR) is 155 cm³/mol. The lowest BCUT2D eigenvalue weighted by Crippen LogP contribution is -2.52. The molecule has 0 aromatic heterocycles. The molecule has 1 N–H and O–H groups in total. The molecular formula is C30H37N3O6S. The Morgan fingerprint density at radius 1 is 0.925 bits per heavy atom. The largest absolute Gasteiger partial charge is 0.497 e. The van der Waals surface area contributed by atoms with Crippen LogP contribution in [0.1, 0.15) is 31.4 Å². The molecule has 214 valence electrons. The molecule has 3 rings (SSSR count). The van der Waals surface area contributed by atoms with Crippen LogP contribution in [0.3, 0.4) is 0 Å². The number of nitrogens with zero attached hydrogens (tertiary/aromatic N) is 2. The molecule has 0 bridgehead atoms. The van der Waals surface area contributed by atoms with E-state index in [0.717, 1.165) is 15.4 Å². The maximum Gasteiger partial charge on any atom is 0.264 e. The molecule has 0 spiro atoms. The number of likely N-dealkylation sites (N-methyl/N-ethyl adjacent to an activating group) is 1. The number of benzene rings is 3. The number of nitrogens with one attached hydrogen (secondary N) is 1. The minimum atomic E-state index is -4.23. The van der Waals surface area contributed by atoms with Crippen molar-refractivity contribution in [3.8, 4) is 11.5 Å². The Kier molecular flexibility index (Phi) is 10.6. The Hall–Kier alpha value is -4.05. The van der Waals surface area contributed by atoms with Gasteiger partial charge in [-0.25, -0.2) is 8.42 Å². The van der Waals surface area contributed by atoms with Gasteiger partial charge in [0.25, 0.3) is 10.0 Å². The van der Waals surface area contributed by atoms with E-state index in [-0.39, 0.29) is 28.8 Å². The van der Waals surface area contributed by atoms with Crippen LogP contribution in [0, 0.1) is 6.92 Å². The normalized spacial score (nSPS) is 11.8. The van der Waals surface area contributed by atoms with E-state index in [0.29, 0.717) is 18.7 Å². The van der Waals surface area contributed by atoms with Gasteiger partial charge in [-0.15, -0.1) is 0 Å². The highest BCUT2D eigenvalue weighted by Crippen LogP contribution is 2.36. The van der Waals surface area contributed by atoms with Gasteiger partial charge < -0.3 is 19.7 Å². The van der Waals surface area contributed by atoms with Crippen molar-refractivity contribution < 1.29 is 27.5 Å². The summed E-state index contributed by atoms with van der Waals surface area (Å²) in [5, 5.41) is 2.80.